The Hall–Kier alpha value is -0.630. The lowest BCUT2D eigenvalue weighted by molar-refractivity contribution is 0.114. The van der Waals surface area contributed by atoms with Gasteiger partial charge in [0.05, 0.1) is 22.1 Å². The average Bonchev–Trinajstić information content (AvgIpc) is 2.92. The lowest BCUT2D eigenvalue weighted by Crippen LogP contribution is -2.31. The van der Waals surface area contributed by atoms with E-state index in [-0.39, 0.29) is 11.0 Å². The molecule has 0 bridgehead atoms. The Balaban J connectivity index is 2.09. The van der Waals surface area contributed by atoms with E-state index in [4.69, 9.17) is 9.47 Å². The van der Waals surface area contributed by atoms with Crippen LogP contribution in [0.3, 0.4) is 0 Å². The van der Waals surface area contributed by atoms with E-state index in [1.165, 1.54) is 6.07 Å². The second kappa shape index (κ2) is 6.89. The Labute approximate surface area is 127 Å². The van der Waals surface area contributed by atoms with Gasteiger partial charge in [-0.3, -0.25) is 0 Å². The highest BCUT2D eigenvalue weighted by atomic mass is 79.9. The van der Waals surface area contributed by atoms with E-state index >= 15 is 0 Å². The SMILES string of the molecule is CCOc1cc(S(=O)(=O)NC[C@@H]2CCCO2)ccc1Br. The van der Waals surface area contributed by atoms with E-state index < -0.39 is 10.0 Å². The second-order valence-corrected chi connectivity index (χ2v) is 7.13. The molecule has 0 unspecified atom stereocenters. The van der Waals surface area contributed by atoms with Gasteiger partial charge in [0.1, 0.15) is 5.75 Å². The van der Waals surface area contributed by atoms with Gasteiger partial charge in [-0.1, -0.05) is 0 Å². The highest BCUT2D eigenvalue weighted by Crippen LogP contribution is 2.28. The smallest absolute Gasteiger partial charge is 0.240 e. The minimum atomic E-state index is -3.54. The molecule has 0 saturated carbocycles. The van der Waals surface area contributed by atoms with Crippen molar-refractivity contribution >= 4 is 26.0 Å². The third-order valence-electron chi connectivity index (χ3n) is 3.04. The number of nitrogens with one attached hydrogen (secondary N) is 1. The summed E-state index contributed by atoms with van der Waals surface area (Å²) in [5, 5.41) is 0. The number of benzene rings is 1. The summed E-state index contributed by atoms with van der Waals surface area (Å²) in [5.41, 5.74) is 0. The van der Waals surface area contributed by atoms with Crippen molar-refractivity contribution in [3.8, 4) is 5.75 Å². The Morgan fingerprint density at radius 3 is 2.95 bits per heavy atom. The number of halogens is 1. The van der Waals surface area contributed by atoms with Crippen LogP contribution in [-0.2, 0) is 14.8 Å². The molecule has 2 rings (SSSR count). The summed E-state index contributed by atoms with van der Waals surface area (Å²) in [6.45, 7) is 3.34. The van der Waals surface area contributed by atoms with Crippen LogP contribution >= 0.6 is 15.9 Å². The molecule has 5 nitrogen and oxygen atoms in total. The van der Waals surface area contributed by atoms with Crippen LogP contribution in [0.1, 0.15) is 19.8 Å². The maximum atomic E-state index is 12.2. The Morgan fingerprint density at radius 2 is 2.30 bits per heavy atom. The molecule has 1 heterocycles. The summed E-state index contributed by atoms with van der Waals surface area (Å²) in [5.74, 6) is 0.521. The molecular formula is C13H18BrNO4S. The first-order valence-corrected chi connectivity index (χ1v) is 8.84. The monoisotopic (exact) mass is 363 g/mol. The summed E-state index contributed by atoms with van der Waals surface area (Å²) in [6, 6.07) is 4.74. The lowest BCUT2D eigenvalue weighted by Gasteiger charge is -2.13. The van der Waals surface area contributed by atoms with E-state index in [9.17, 15) is 8.42 Å². The molecule has 0 aliphatic carbocycles. The van der Waals surface area contributed by atoms with Crippen LogP contribution in [0.2, 0.25) is 0 Å². The van der Waals surface area contributed by atoms with Crippen molar-refractivity contribution in [3.63, 3.8) is 0 Å². The van der Waals surface area contributed by atoms with Gasteiger partial charge in [-0.25, -0.2) is 13.1 Å². The predicted molar refractivity (Wildman–Crippen MR) is 79.5 cm³/mol. The van der Waals surface area contributed by atoms with Crippen molar-refractivity contribution in [3.05, 3.63) is 22.7 Å². The van der Waals surface area contributed by atoms with E-state index in [0.29, 0.717) is 25.5 Å². The van der Waals surface area contributed by atoms with E-state index in [0.717, 1.165) is 17.3 Å². The third-order valence-corrected chi connectivity index (χ3v) is 5.11. The zero-order valence-electron chi connectivity index (χ0n) is 11.3. The van der Waals surface area contributed by atoms with Gasteiger partial charge in [0.2, 0.25) is 10.0 Å². The van der Waals surface area contributed by atoms with Crippen molar-refractivity contribution in [2.45, 2.75) is 30.8 Å². The molecule has 1 aliphatic rings. The molecule has 1 aromatic carbocycles. The molecule has 1 atom stereocenters. The number of hydrogen-bond acceptors (Lipinski definition) is 4. The Bertz CT molecular complexity index is 555. The predicted octanol–water partition coefficient (Wildman–Crippen LogP) is 2.31. The highest BCUT2D eigenvalue weighted by molar-refractivity contribution is 9.10. The largest absolute Gasteiger partial charge is 0.493 e. The van der Waals surface area contributed by atoms with E-state index in [2.05, 4.69) is 20.7 Å². The summed E-state index contributed by atoms with van der Waals surface area (Å²) in [4.78, 5) is 0.196. The van der Waals surface area contributed by atoms with Gasteiger partial charge in [-0.15, -0.1) is 0 Å². The fourth-order valence-corrected chi connectivity index (χ4v) is 3.45. The van der Waals surface area contributed by atoms with Gasteiger partial charge < -0.3 is 9.47 Å². The molecule has 0 aromatic heterocycles. The Kier molecular flexibility index (Phi) is 5.42. The fraction of sp³-hybridized carbons (Fsp3) is 0.538. The summed E-state index contributed by atoms with van der Waals surface area (Å²) in [7, 11) is -3.54. The van der Waals surface area contributed by atoms with Crippen molar-refractivity contribution in [1.29, 1.82) is 0 Å². The molecule has 1 N–H and O–H groups in total. The molecular weight excluding hydrogens is 346 g/mol. The zero-order chi connectivity index (χ0) is 14.6. The number of sulfonamides is 1. The molecule has 0 radical (unpaired) electrons. The van der Waals surface area contributed by atoms with Crippen LogP contribution in [0.5, 0.6) is 5.75 Å². The van der Waals surface area contributed by atoms with Crippen LogP contribution in [0, 0.1) is 0 Å². The summed E-state index contributed by atoms with van der Waals surface area (Å²) < 4.78 is 38.5. The highest BCUT2D eigenvalue weighted by Gasteiger charge is 2.21. The minimum absolute atomic E-state index is 0.0217. The molecule has 112 valence electrons. The maximum Gasteiger partial charge on any atom is 0.240 e. The van der Waals surface area contributed by atoms with Crippen molar-refractivity contribution in [2.75, 3.05) is 19.8 Å². The van der Waals surface area contributed by atoms with Gasteiger partial charge in [-0.05, 0) is 47.8 Å². The molecule has 1 saturated heterocycles. The fourth-order valence-electron chi connectivity index (χ4n) is 2.01. The first-order chi connectivity index (χ1) is 9.53. The minimum Gasteiger partial charge on any atom is -0.493 e. The first kappa shape index (κ1) is 15.8. The molecule has 1 aromatic rings. The van der Waals surface area contributed by atoms with Crippen LogP contribution in [-0.4, -0.2) is 34.3 Å². The van der Waals surface area contributed by atoms with Gasteiger partial charge >= 0.3 is 0 Å². The molecule has 1 fully saturated rings. The van der Waals surface area contributed by atoms with Crippen LogP contribution in [0.15, 0.2) is 27.6 Å². The van der Waals surface area contributed by atoms with Crippen LogP contribution in [0.4, 0.5) is 0 Å². The number of hydrogen-bond donors (Lipinski definition) is 1. The molecule has 20 heavy (non-hydrogen) atoms. The van der Waals surface area contributed by atoms with Gasteiger partial charge in [-0.2, -0.15) is 0 Å². The molecule has 1 aliphatic heterocycles. The molecule has 0 amide bonds. The van der Waals surface area contributed by atoms with Gasteiger partial charge in [0.25, 0.3) is 0 Å². The number of rotatable bonds is 6. The quantitative estimate of drug-likeness (QED) is 0.841. The van der Waals surface area contributed by atoms with E-state index in [1.54, 1.807) is 12.1 Å². The zero-order valence-corrected chi connectivity index (χ0v) is 13.7. The van der Waals surface area contributed by atoms with E-state index in [1.807, 2.05) is 6.92 Å². The average molecular weight is 364 g/mol. The van der Waals surface area contributed by atoms with Gasteiger partial charge in [0.15, 0.2) is 0 Å². The standard InChI is InChI=1S/C13H18BrNO4S/c1-2-18-13-8-11(5-6-12(13)14)20(16,17)15-9-10-4-3-7-19-10/h5-6,8,10,15H,2-4,7,9H2,1H3/t10-/m0/s1. The maximum absolute atomic E-state index is 12.2. The summed E-state index contributed by atoms with van der Waals surface area (Å²) >= 11 is 3.33. The normalized spacial score (nSPS) is 19.2. The van der Waals surface area contributed by atoms with Crippen LogP contribution in [0.25, 0.3) is 0 Å². The molecule has 0 spiro atoms. The number of ether oxygens (including phenoxy) is 2. The third kappa shape index (κ3) is 3.94. The van der Waals surface area contributed by atoms with Crippen molar-refractivity contribution in [1.82, 2.24) is 4.72 Å². The van der Waals surface area contributed by atoms with Crippen molar-refractivity contribution < 1.29 is 17.9 Å². The molecule has 7 heteroatoms. The van der Waals surface area contributed by atoms with Gasteiger partial charge in [0, 0.05) is 19.2 Å². The topological polar surface area (TPSA) is 64.6 Å². The first-order valence-electron chi connectivity index (χ1n) is 6.56. The lowest BCUT2D eigenvalue weighted by atomic mass is 10.2. The Morgan fingerprint density at radius 1 is 1.50 bits per heavy atom. The van der Waals surface area contributed by atoms with Crippen LogP contribution < -0.4 is 9.46 Å². The second-order valence-electron chi connectivity index (χ2n) is 4.51. The van der Waals surface area contributed by atoms with Crippen molar-refractivity contribution in [2.24, 2.45) is 0 Å². The summed E-state index contributed by atoms with van der Waals surface area (Å²) in [6.07, 6.45) is 1.86.